The summed E-state index contributed by atoms with van der Waals surface area (Å²) in [5.41, 5.74) is 5.55. The van der Waals surface area contributed by atoms with E-state index in [1.807, 2.05) is 0 Å². The molecule has 7 nitrogen and oxygen atoms in total. The van der Waals surface area contributed by atoms with E-state index < -0.39 is 11.8 Å². The van der Waals surface area contributed by atoms with Crippen molar-refractivity contribution in [3.8, 4) is 5.75 Å². The number of nitrogens with zero attached hydrogens (tertiary/aromatic N) is 1. The van der Waals surface area contributed by atoms with Gasteiger partial charge in [0.2, 0.25) is 5.76 Å². The third kappa shape index (κ3) is 4.84. The van der Waals surface area contributed by atoms with Crippen LogP contribution in [0.5, 0.6) is 5.75 Å². The highest BCUT2D eigenvalue weighted by Crippen LogP contribution is 2.13. The predicted octanol–water partition coefficient (Wildman–Crippen LogP) is 2.09. The summed E-state index contributed by atoms with van der Waals surface area (Å²) in [6, 6.07) is 8.13. The Morgan fingerprint density at radius 2 is 1.83 bits per heavy atom. The molecule has 2 amide bonds. The molecule has 7 heteroatoms. The molecule has 0 saturated heterocycles. The Morgan fingerprint density at radius 1 is 1.17 bits per heavy atom. The lowest BCUT2D eigenvalue weighted by molar-refractivity contribution is 0.0825. The van der Waals surface area contributed by atoms with Crippen LogP contribution in [0.15, 0.2) is 34.9 Å². The third-order valence-electron chi connectivity index (χ3n) is 2.84. The van der Waals surface area contributed by atoms with Crippen LogP contribution < -0.4 is 15.6 Å². The van der Waals surface area contributed by atoms with Crippen LogP contribution >= 0.6 is 0 Å². The van der Waals surface area contributed by atoms with Crippen LogP contribution in [0.1, 0.15) is 40.5 Å². The molecule has 0 bridgehead atoms. The molecular formula is C16H19N3O4. The van der Waals surface area contributed by atoms with Crippen LogP contribution in [0.3, 0.4) is 0 Å². The number of hydrazine groups is 1. The van der Waals surface area contributed by atoms with Crippen molar-refractivity contribution in [2.75, 3.05) is 6.61 Å². The first-order valence-electron chi connectivity index (χ1n) is 7.22. The fraction of sp³-hybridized carbons (Fsp3) is 0.312. The molecule has 0 aliphatic rings. The zero-order chi connectivity index (χ0) is 16.8. The minimum atomic E-state index is -0.573. The highest BCUT2D eigenvalue weighted by atomic mass is 16.5. The Bertz CT molecular complexity index is 677. The summed E-state index contributed by atoms with van der Waals surface area (Å²) < 4.78 is 10.3. The Morgan fingerprint density at radius 3 is 2.39 bits per heavy atom. The second kappa shape index (κ2) is 7.44. The number of carbonyl (C=O) groups excluding carboxylic acids is 2. The molecule has 0 atom stereocenters. The maximum absolute atomic E-state index is 12.0. The van der Waals surface area contributed by atoms with Crippen LogP contribution in [0.2, 0.25) is 0 Å². The Kier molecular flexibility index (Phi) is 5.35. The van der Waals surface area contributed by atoms with Crippen molar-refractivity contribution >= 4 is 11.8 Å². The number of nitrogens with one attached hydrogen (secondary N) is 2. The monoisotopic (exact) mass is 317 g/mol. The summed E-state index contributed by atoms with van der Waals surface area (Å²) in [5.74, 6) is 0.130. The lowest BCUT2D eigenvalue weighted by Gasteiger charge is -2.09. The Labute approximate surface area is 134 Å². The fourth-order valence-corrected chi connectivity index (χ4v) is 1.68. The first kappa shape index (κ1) is 16.5. The molecule has 1 aromatic carbocycles. The van der Waals surface area contributed by atoms with Crippen LogP contribution in [0, 0.1) is 12.8 Å². The van der Waals surface area contributed by atoms with E-state index in [4.69, 9.17) is 9.26 Å². The molecule has 0 spiro atoms. The van der Waals surface area contributed by atoms with Gasteiger partial charge in [0.05, 0.1) is 12.3 Å². The van der Waals surface area contributed by atoms with Gasteiger partial charge in [0.1, 0.15) is 5.75 Å². The van der Waals surface area contributed by atoms with Crippen molar-refractivity contribution in [1.29, 1.82) is 0 Å². The lowest BCUT2D eigenvalue weighted by atomic mass is 10.2. The van der Waals surface area contributed by atoms with Gasteiger partial charge in [-0.2, -0.15) is 0 Å². The van der Waals surface area contributed by atoms with E-state index in [2.05, 4.69) is 29.9 Å². The van der Waals surface area contributed by atoms with Crippen molar-refractivity contribution < 1.29 is 18.8 Å². The largest absolute Gasteiger partial charge is 0.493 e. The van der Waals surface area contributed by atoms with Gasteiger partial charge in [0, 0.05) is 11.6 Å². The molecule has 0 unspecified atom stereocenters. The Balaban J connectivity index is 1.87. The zero-order valence-corrected chi connectivity index (χ0v) is 13.3. The molecule has 0 fully saturated rings. The number of rotatable bonds is 5. The van der Waals surface area contributed by atoms with Gasteiger partial charge in [-0.15, -0.1) is 0 Å². The van der Waals surface area contributed by atoms with Crippen molar-refractivity contribution in [2.24, 2.45) is 5.92 Å². The van der Waals surface area contributed by atoms with E-state index in [1.165, 1.54) is 6.07 Å². The van der Waals surface area contributed by atoms with Gasteiger partial charge in [-0.25, -0.2) is 0 Å². The summed E-state index contributed by atoms with van der Waals surface area (Å²) in [6.45, 7) is 6.42. The van der Waals surface area contributed by atoms with Crippen LogP contribution in [-0.4, -0.2) is 23.6 Å². The zero-order valence-electron chi connectivity index (χ0n) is 13.3. The smallest absolute Gasteiger partial charge is 0.308 e. The number of carbonyl (C=O) groups is 2. The standard InChI is InChI=1S/C16H19N3O4/c1-10(2)9-22-13-6-4-12(5-7-13)15(20)17-18-16(21)14-8-11(3)19-23-14/h4-8,10H,9H2,1-3H3,(H,17,20)(H,18,21). The maximum Gasteiger partial charge on any atom is 0.308 e. The maximum atomic E-state index is 12.0. The molecular weight excluding hydrogens is 298 g/mol. The molecule has 2 aromatic rings. The molecule has 0 aliphatic carbocycles. The number of benzene rings is 1. The molecule has 0 radical (unpaired) electrons. The summed E-state index contributed by atoms with van der Waals surface area (Å²) in [5, 5.41) is 3.60. The van der Waals surface area contributed by atoms with E-state index in [9.17, 15) is 9.59 Å². The van der Waals surface area contributed by atoms with Gasteiger partial charge in [0.15, 0.2) is 0 Å². The SMILES string of the molecule is Cc1cc(C(=O)NNC(=O)c2ccc(OCC(C)C)cc2)on1. The summed E-state index contributed by atoms with van der Waals surface area (Å²) in [6.07, 6.45) is 0. The molecule has 2 rings (SSSR count). The average molecular weight is 317 g/mol. The van der Waals surface area contributed by atoms with E-state index in [1.54, 1.807) is 31.2 Å². The van der Waals surface area contributed by atoms with Crippen LogP contribution in [-0.2, 0) is 0 Å². The second-order valence-electron chi connectivity index (χ2n) is 5.47. The molecule has 0 saturated carbocycles. The fourth-order valence-electron chi connectivity index (χ4n) is 1.68. The minimum Gasteiger partial charge on any atom is -0.493 e. The number of ether oxygens (including phenoxy) is 1. The van der Waals surface area contributed by atoms with Crippen molar-refractivity contribution in [2.45, 2.75) is 20.8 Å². The highest BCUT2D eigenvalue weighted by molar-refractivity contribution is 5.97. The number of hydrogen-bond acceptors (Lipinski definition) is 5. The van der Waals surface area contributed by atoms with Gasteiger partial charge in [0.25, 0.3) is 5.91 Å². The summed E-state index contributed by atoms with van der Waals surface area (Å²) in [7, 11) is 0. The summed E-state index contributed by atoms with van der Waals surface area (Å²) in [4.78, 5) is 23.7. The highest BCUT2D eigenvalue weighted by Gasteiger charge is 2.13. The minimum absolute atomic E-state index is 0.0280. The normalized spacial score (nSPS) is 10.4. The molecule has 1 aromatic heterocycles. The number of aryl methyl sites for hydroxylation is 1. The average Bonchev–Trinajstić information content (AvgIpc) is 2.97. The van der Waals surface area contributed by atoms with Gasteiger partial charge in [-0.3, -0.25) is 20.4 Å². The van der Waals surface area contributed by atoms with E-state index in [0.717, 1.165) is 0 Å². The molecule has 1 heterocycles. The van der Waals surface area contributed by atoms with Gasteiger partial charge < -0.3 is 9.26 Å². The van der Waals surface area contributed by atoms with Crippen LogP contribution in [0.25, 0.3) is 0 Å². The van der Waals surface area contributed by atoms with Gasteiger partial charge in [-0.05, 0) is 37.1 Å². The lowest BCUT2D eigenvalue weighted by Crippen LogP contribution is -2.41. The van der Waals surface area contributed by atoms with E-state index >= 15 is 0 Å². The molecule has 0 aliphatic heterocycles. The first-order valence-corrected chi connectivity index (χ1v) is 7.22. The van der Waals surface area contributed by atoms with Gasteiger partial charge in [-0.1, -0.05) is 19.0 Å². The summed E-state index contributed by atoms with van der Waals surface area (Å²) >= 11 is 0. The third-order valence-corrected chi connectivity index (χ3v) is 2.84. The van der Waals surface area contributed by atoms with Crippen LogP contribution in [0.4, 0.5) is 0 Å². The first-order chi connectivity index (χ1) is 11.0. The predicted molar refractivity (Wildman–Crippen MR) is 82.9 cm³/mol. The number of aromatic nitrogens is 1. The van der Waals surface area contributed by atoms with Crippen molar-refractivity contribution in [1.82, 2.24) is 16.0 Å². The molecule has 122 valence electrons. The molecule has 2 N–H and O–H groups in total. The number of amides is 2. The molecule has 23 heavy (non-hydrogen) atoms. The van der Waals surface area contributed by atoms with Crippen molar-refractivity contribution in [3.63, 3.8) is 0 Å². The Hall–Kier alpha value is -2.83. The van der Waals surface area contributed by atoms with E-state index in [0.29, 0.717) is 29.5 Å². The second-order valence-corrected chi connectivity index (χ2v) is 5.47. The number of hydrogen-bond donors (Lipinski definition) is 2. The quantitative estimate of drug-likeness (QED) is 0.824. The van der Waals surface area contributed by atoms with Crippen molar-refractivity contribution in [3.05, 3.63) is 47.3 Å². The van der Waals surface area contributed by atoms with E-state index in [-0.39, 0.29) is 5.76 Å². The van der Waals surface area contributed by atoms with Gasteiger partial charge >= 0.3 is 5.91 Å². The topological polar surface area (TPSA) is 93.5 Å².